The molecule has 1 heterocycles. The Morgan fingerprint density at radius 1 is 1.71 bits per heavy atom. The first-order valence-electron chi connectivity index (χ1n) is 1.53. The summed E-state index contributed by atoms with van der Waals surface area (Å²) in [5.74, 6) is -0.914. The lowest BCUT2D eigenvalue weighted by molar-refractivity contribution is 0.256. The summed E-state index contributed by atoms with van der Waals surface area (Å²) in [5, 5.41) is 5.03. The van der Waals surface area contributed by atoms with Crippen molar-refractivity contribution in [3.05, 3.63) is 12.1 Å². The van der Waals surface area contributed by atoms with E-state index in [0.29, 0.717) is 6.20 Å². The summed E-state index contributed by atoms with van der Waals surface area (Å²) >= 11 is 0. The second-order valence-corrected chi connectivity index (χ2v) is 0.908. The monoisotopic (exact) mass is 105 g/mol. The normalized spacial score (nSPS) is 9.43. The molecule has 1 aromatic heterocycles. The first-order chi connectivity index (χ1) is 3.29. The summed E-state index contributed by atoms with van der Waals surface area (Å²) in [5.41, 5.74) is 0. The second-order valence-electron chi connectivity index (χ2n) is 0.908. The van der Waals surface area contributed by atoms with Crippen molar-refractivity contribution < 1.29 is 8.87 Å². The van der Waals surface area contributed by atoms with Crippen molar-refractivity contribution in [3.8, 4) is 0 Å². The Morgan fingerprint density at radius 3 is 2.57 bits per heavy atom. The fourth-order valence-electron chi connectivity index (χ4n) is 0.226. The smallest absolute Gasteiger partial charge is 0.181 e. The summed E-state index contributed by atoms with van der Waals surface area (Å²) in [6.07, 6.45) is 0.681. The molecule has 0 unspecified atom stereocenters. The topological polar surface area (TPSA) is 30.7 Å². The third-order valence-electron chi connectivity index (χ3n) is 0.438. The highest BCUT2D eigenvalue weighted by molar-refractivity contribution is 4.64. The maximum absolute atomic E-state index is 11.5. The molecule has 0 aromatic carbocycles. The van der Waals surface area contributed by atoms with Crippen LogP contribution < -0.4 is 0 Å². The standard InChI is InChI=1S/C2HF2N3/c3-2-1-5-7(4)6-2/h1H. The lowest BCUT2D eigenvalue weighted by atomic mass is 10.9. The molecule has 0 aliphatic rings. The van der Waals surface area contributed by atoms with E-state index in [4.69, 9.17) is 0 Å². The largest absolute Gasteiger partial charge is 0.255 e. The molecule has 0 saturated carbocycles. The van der Waals surface area contributed by atoms with Gasteiger partial charge in [0.1, 0.15) is 6.20 Å². The molecular formula is C2HF2N3. The van der Waals surface area contributed by atoms with E-state index in [0.717, 1.165) is 0 Å². The van der Waals surface area contributed by atoms with Crippen LogP contribution in [0.5, 0.6) is 0 Å². The summed E-state index contributed by atoms with van der Waals surface area (Å²) in [6.45, 7) is 0. The van der Waals surface area contributed by atoms with Crippen LogP contribution in [-0.2, 0) is 0 Å². The molecule has 1 aromatic rings. The van der Waals surface area contributed by atoms with Crippen LogP contribution in [0, 0.1) is 5.95 Å². The van der Waals surface area contributed by atoms with Crippen LogP contribution in [0.4, 0.5) is 8.87 Å². The third-order valence-corrected chi connectivity index (χ3v) is 0.438. The van der Waals surface area contributed by atoms with Crippen LogP contribution >= 0.6 is 0 Å². The van der Waals surface area contributed by atoms with E-state index in [1.165, 1.54) is 0 Å². The van der Waals surface area contributed by atoms with Gasteiger partial charge in [0.2, 0.25) is 0 Å². The molecule has 3 nitrogen and oxygen atoms in total. The van der Waals surface area contributed by atoms with Crippen LogP contribution in [0.15, 0.2) is 6.20 Å². The third kappa shape index (κ3) is 0.703. The molecule has 0 atom stereocenters. The zero-order chi connectivity index (χ0) is 5.28. The van der Waals surface area contributed by atoms with Gasteiger partial charge in [-0.2, -0.15) is 4.39 Å². The molecule has 0 saturated heterocycles. The number of hydrogen-bond donors (Lipinski definition) is 0. The van der Waals surface area contributed by atoms with Crippen LogP contribution in [0.3, 0.4) is 0 Å². The van der Waals surface area contributed by atoms with Gasteiger partial charge in [0.15, 0.2) is 0 Å². The highest BCUT2D eigenvalue weighted by atomic mass is 19.2. The molecule has 0 amide bonds. The predicted octanol–water partition coefficient (Wildman–Crippen LogP) is 0.150. The van der Waals surface area contributed by atoms with Gasteiger partial charge >= 0.3 is 0 Å². The highest BCUT2D eigenvalue weighted by Gasteiger charge is 1.91. The SMILES string of the molecule is Fc1cnn(F)n1. The van der Waals surface area contributed by atoms with Crippen molar-refractivity contribution in [2.75, 3.05) is 0 Å². The van der Waals surface area contributed by atoms with E-state index in [-0.39, 0.29) is 5.02 Å². The quantitative estimate of drug-likeness (QED) is 0.470. The molecule has 0 radical (unpaired) electrons. The number of rotatable bonds is 0. The van der Waals surface area contributed by atoms with E-state index in [1.807, 2.05) is 0 Å². The Hall–Kier alpha value is -1.00. The minimum absolute atomic E-state index is 0.338. The Labute approximate surface area is 37.5 Å². The summed E-state index contributed by atoms with van der Waals surface area (Å²) in [7, 11) is 0. The van der Waals surface area contributed by atoms with E-state index < -0.39 is 5.95 Å². The number of aromatic nitrogens is 3. The average Bonchev–Trinajstić information content (AvgIpc) is 1.87. The van der Waals surface area contributed by atoms with Gasteiger partial charge < -0.3 is 0 Å². The van der Waals surface area contributed by atoms with Crippen molar-refractivity contribution in [3.63, 3.8) is 0 Å². The molecule has 0 N–H and O–H groups in total. The summed E-state index contributed by atoms with van der Waals surface area (Å²) in [4.78, 5) is 0. The van der Waals surface area contributed by atoms with Gasteiger partial charge in [-0.3, -0.25) is 0 Å². The van der Waals surface area contributed by atoms with Crippen LogP contribution in [0.25, 0.3) is 0 Å². The first kappa shape index (κ1) is 4.17. The van der Waals surface area contributed by atoms with Crippen LogP contribution in [0.2, 0.25) is 0 Å². The van der Waals surface area contributed by atoms with Gasteiger partial charge in [0, 0.05) is 0 Å². The van der Waals surface area contributed by atoms with Gasteiger partial charge in [-0.05, 0) is 5.02 Å². The lowest BCUT2D eigenvalue weighted by Gasteiger charge is -1.68. The van der Waals surface area contributed by atoms with Gasteiger partial charge in [0.25, 0.3) is 5.95 Å². The van der Waals surface area contributed by atoms with E-state index in [9.17, 15) is 8.87 Å². The number of halogens is 2. The Morgan fingerprint density at radius 2 is 2.43 bits per heavy atom. The van der Waals surface area contributed by atoms with Crippen LogP contribution in [-0.4, -0.2) is 15.2 Å². The number of hydrogen-bond acceptors (Lipinski definition) is 2. The summed E-state index contributed by atoms with van der Waals surface area (Å²) in [6, 6.07) is 0. The zero-order valence-electron chi connectivity index (χ0n) is 3.17. The first-order valence-corrected chi connectivity index (χ1v) is 1.53. The molecule has 0 bridgehead atoms. The lowest BCUT2D eigenvalue weighted by Crippen LogP contribution is -1.84. The van der Waals surface area contributed by atoms with E-state index in [1.54, 1.807) is 0 Å². The fraction of sp³-hybridized carbons (Fsp3) is 0. The van der Waals surface area contributed by atoms with Crippen molar-refractivity contribution in [1.29, 1.82) is 0 Å². The van der Waals surface area contributed by atoms with Gasteiger partial charge in [-0.1, -0.05) is 9.58 Å². The van der Waals surface area contributed by atoms with Crippen molar-refractivity contribution in [2.24, 2.45) is 0 Å². The highest BCUT2D eigenvalue weighted by Crippen LogP contribution is 1.83. The Bertz CT molecular complexity index is 143. The molecule has 0 fully saturated rings. The van der Waals surface area contributed by atoms with Crippen molar-refractivity contribution in [2.45, 2.75) is 0 Å². The molecule has 38 valence electrons. The van der Waals surface area contributed by atoms with E-state index in [2.05, 4.69) is 10.2 Å². The minimum atomic E-state index is -0.914. The fourth-order valence-corrected chi connectivity index (χ4v) is 0.226. The molecule has 1 rings (SSSR count). The molecule has 7 heavy (non-hydrogen) atoms. The second kappa shape index (κ2) is 1.25. The molecule has 0 spiro atoms. The predicted molar refractivity (Wildman–Crippen MR) is 16.5 cm³/mol. The van der Waals surface area contributed by atoms with Gasteiger partial charge in [0.05, 0.1) is 0 Å². The Kier molecular flexibility index (Phi) is 0.744. The average molecular weight is 105 g/mol. The van der Waals surface area contributed by atoms with Crippen molar-refractivity contribution >= 4 is 0 Å². The van der Waals surface area contributed by atoms with Crippen LogP contribution in [0.1, 0.15) is 0 Å². The Balaban J connectivity index is 3.04. The van der Waals surface area contributed by atoms with Crippen molar-refractivity contribution in [1.82, 2.24) is 15.2 Å². The summed E-state index contributed by atoms with van der Waals surface area (Å²) < 4.78 is 22.9. The molecular weight excluding hydrogens is 104 g/mol. The zero-order valence-corrected chi connectivity index (χ0v) is 3.17. The molecule has 0 aliphatic heterocycles. The molecule has 5 heteroatoms. The van der Waals surface area contributed by atoms with E-state index >= 15 is 0 Å². The maximum Gasteiger partial charge on any atom is 0.255 e. The van der Waals surface area contributed by atoms with Gasteiger partial charge in [-0.25, -0.2) is 0 Å². The number of nitrogens with zero attached hydrogens (tertiary/aromatic N) is 3. The van der Waals surface area contributed by atoms with Gasteiger partial charge in [-0.15, -0.1) is 5.10 Å². The maximum atomic E-state index is 11.5. The molecule has 0 aliphatic carbocycles. The minimum Gasteiger partial charge on any atom is -0.181 e.